The lowest BCUT2D eigenvalue weighted by molar-refractivity contribution is 0.0806. The first-order valence-electron chi connectivity index (χ1n) is 9.19. The average Bonchev–Trinajstić information content (AvgIpc) is 2.64. The Morgan fingerprint density at radius 1 is 1.04 bits per heavy atom. The molecule has 1 saturated heterocycles. The van der Waals surface area contributed by atoms with Crippen LogP contribution in [-0.2, 0) is 16.6 Å². The molecule has 26 heavy (non-hydrogen) atoms. The maximum absolute atomic E-state index is 12.3. The summed E-state index contributed by atoms with van der Waals surface area (Å²) in [7, 11) is -3.65. The lowest BCUT2D eigenvalue weighted by Gasteiger charge is -2.41. The summed E-state index contributed by atoms with van der Waals surface area (Å²) >= 11 is 0. The zero-order valence-corrected chi connectivity index (χ0v) is 15.5. The zero-order valence-electron chi connectivity index (χ0n) is 14.7. The zero-order chi connectivity index (χ0) is 18.0. The van der Waals surface area contributed by atoms with Crippen LogP contribution in [0.3, 0.4) is 0 Å². The van der Waals surface area contributed by atoms with Gasteiger partial charge in [0.05, 0.1) is 4.90 Å². The van der Waals surface area contributed by atoms with Crippen LogP contribution in [-0.4, -0.2) is 36.4 Å². The minimum absolute atomic E-state index is 0.105. The van der Waals surface area contributed by atoms with E-state index in [-0.39, 0.29) is 10.8 Å². The Balaban J connectivity index is 1.39. The highest BCUT2D eigenvalue weighted by atomic mass is 32.2. The number of sulfonamides is 1. The van der Waals surface area contributed by atoms with Gasteiger partial charge in [-0.15, -0.1) is 0 Å². The minimum atomic E-state index is -3.65. The Morgan fingerprint density at radius 3 is 2.35 bits per heavy atom. The normalized spacial score (nSPS) is 23.5. The van der Waals surface area contributed by atoms with Crippen molar-refractivity contribution in [2.45, 2.75) is 37.1 Å². The lowest BCUT2D eigenvalue weighted by Crippen LogP contribution is -2.42. The molecule has 0 amide bonds. The number of aromatic nitrogens is 2. The van der Waals surface area contributed by atoms with Crippen molar-refractivity contribution in [3.63, 3.8) is 0 Å². The van der Waals surface area contributed by atoms with E-state index in [0.717, 1.165) is 37.0 Å². The van der Waals surface area contributed by atoms with Gasteiger partial charge in [-0.05, 0) is 43.2 Å². The molecular weight excluding hydrogens is 348 g/mol. The van der Waals surface area contributed by atoms with Crippen LogP contribution in [0.25, 0.3) is 0 Å². The Hall–Kier alpha value is -1.99. The number of piperidine rings is 1. The van der Waals surface area contributed by atoms with Gasteiger partial charge in [-0.2, -0.15) is 0 Å². The second kappa shape index (κ2) is 7.32. The fourth-order valence-electron chi connectivity index (χ4n) is 4.19. The fourth-order valence-corrected chi connectivity index (χ4v) is 5.17. The third-order valence-electron chi connectivity index (χ3n) is 5.31. The van der Waals surface area contributed by atoms with Crippen molar-refractivity contribution in [3.05, 3.63) is 48.3 Å². The van der Waals surface area contributed by atoms with Gasteiger partial charge in [-0.3, -0.25) is 4.90 Å². The van der Waals surface area contributed by atoms with Crippen LogP contribution >= 0.6 is 0 Å². The number of hydrogen-bond acceptors (Lipinski definition) is 5. The van der Waals surface area contributed by atoms with Crippen LogP contribution < -0.4 is 4.72 Å². The Labute approximate surface area is 154 Å². The summed E-state index contributed by atoms with van der Waals surface area (Å²) in [5, 5.41) is 0. The largest absolute Gasteiger partial charge is 0.298 e. The van der Waals surface area contributed by atoms with Crippen LogP contribution in [0.5, 0.6) is 0 Å². The summed E-state index contributed by atoms with van der Waals surface area (Å²) in [4.78, 5) is 11.1. The molecule has 138 valence electrons. The van der Waals surface area contributed by atoms with E-state index in [1.807, 2.05) is 0 Å². The standard InChI is InChI=1S/C19H24N4O2S/c24-26(25,18-7-2-1-3-8-18)22-19-20-10-17(11-21-19)14-23-12-15-5-4-6-16(9-15)13-23/h1-3,7-8,10-11,15-16H,4-6,9,12-14H2,(H,20,21,22)/t15-,16-/m1/s1. The number of benzene rings is 1. The average molecular weight is 372 g/mol. The van der Waals surface area contributed by atoms with Crippen molar-refractivity contribution in [2.75, 3.05) is 17.8 Å². The molecule has 2 fully saturated rings. The molecule has 4 rings (SSSR count). The molecule has 2 aliphatic rings. The van der Waals surface area contributed by atoms with Gasteiger partial charge >= 0.3 is 0 Å². The number of hydrogen-bond donors (Lipinski definition) is 1. The molecule has 6 nitrogen and oxygen atoms in total. The molecule has 1 N–H and O–H groups in total. The molecule has 7 heteroatoms. The molecule has 1 saturated carbocycles. The number of anilines is 1. The highest BCUT2D eigenvalue weighted by Gasteiger charge is 2.30. The quantitative estimate of drug-likeness (QED) is 0.873. The summed E-state index contributed by atoms with van der Waals surface area (Å²) < 4.78 is 27.1. The molecule has 2 atom stereocenters. The highest BCUT2D eigenvalue weighted by Crippen LogP contribution is 2.34. The first kappa shape index (κ1) is 17.4. The second-order valence-corrected chi connectivity index (χ2v) is 9.11. The second-order valence-electron chi connectivity index (χ2n) is 7.43. The summed E-state index contributed by atoms with van der Waals surface area (Å²) in [5.74, 6) is 1.77. The molecule has 2 aromatic rings. The maximum Gasteiger partial charge on any atom is 0.264 e. The Bertz CT molecular complexity index is 828. The Morgan fingerprint density at radius 2 is 1.69 bits per heavy atom. The molecule has 1 aromatic carbocycles. The van der Waals surface area contributed by atoms with Crippen LogP contribution in [0.4, 0.5) is 5.95 Å². The van der Waals surface area contributed by atoms with Crippen molar-refractivity contribution in [3.8, 4) is 0 Å². The molecule has 0 unspecified atom stereocenters. The maximum atomic E-state index is 12.3. The highest BCUT2D eigenvalue weighted by molar-refractivity contribution is 7.92. The van der Waals surface area contributed by atoms with E-state index in [4.69, 9.17) is 0 Å². The van der Waals surface area contributed by atoms with Crippen molar-refractivity contribution >= 4 is 16.0 Å². The van der Waals surface area contributed by atoms with E-state index in [9.17, 15) is 8.42 Å². The molecule has 1 aromatic heterocycles. The number of fused-ring (bicyclic) bond motifs is 2. The summed E-state index contributed by atoms with van der Waals surface area (Å²) in [6.07, 6.45) is 8.91. The first-order chi connectivity index (χ1) is 12.6. The number of nitrogens with one attached hydrogen (secondary N) is 1. The topological polar surface area (TPSA) is 75.2 Å². The van der Waals surface area contributed by atoms with E-state index in [2.05, 4.69) is 19.6 Å². The predicted molar refractivity (Wildman–Crippen MR) is 100 cm³/mol. The third kappa shape index (κ3) is 4.04. The SMILES string of the molecule is O=S(=O)(Nc1ncc(CN2C[C@@H]3CCC[C@H](C3)C2)cn1)c1ccccc1. The number of likely N-dealkylation sites (tertiary alicyclic amines) is 1. The minimum Gasteiger partial charge on any atom is -0.298 e. The van der Waals surface area contributed by atoms with Gasteiger partial charge in [0.1, 0.15) is 0 Å². The van der Waals surface area contributed by atoms with E-state index in [1.54, 1.807) is 42.7 Å². The van der Waals surface area contributed by atoms with Crippen LogP contribution in [0, 0.1) is 11.8 Å². The summed E-state index contributed by atoms with van der Waals surface area (Å²) in [5.41, 5.74) is 1.02. The van der Waals surface area contributed by atoms with Crippen molar-refractivity contribution in [2.24, 2.45) is 11.8 Å². The van der Waals surface area contributed by atoms with Crippen LogP contribution in [0.15, 0.2) is 47.6 Å². The van der Waals surface area contributed by atoms with Crippen LogP contribution in [0.1, 0.15) is 31.2 Å². The number of nitrogens with zero attached hydrogens (tertiary/aromatic N) is 3. The predicted octanol–water partition coefficient (Wildman–Crippen LogP) is 2.90. The number of rotatable bonds is 5. The first-order valence-corrected chi connectivity index (χ1v) is 10.7. The van der Waals surface area contributed by atoms with E-state index < -0.39 is 10.0 Å². The van der Waals surface area contributed by atoms with Gasteiger partial charge in [-0.25, -0.2) is 23.1 Å². The Kier molecular flexibility index (Phi) is 4.91. The van der Waals surface area contributed by atoms with Gasteiger partial charge < -0.3 is 0 Å². The van der Waals surface area contributed by atoms with E-state index >= 15 is 0 Å². The van der Waals surface area contributed by atoms with Crippen molar-refractivity contribution < 1.29 is 8.42 Å². The van der Waals surface area contributed by atoms with Gasteiger partial charge in [0, 0.05) is 37.6 Å². The van der Waals surface area contributed by atoms with Gasteiger partial charge in [0.2, 0.25) is 5.95 Å². The van der Waals surface area contributed by atoms with E-state index in [1.165, 1.54) is 25.7 Å². The molecule has 2 bridgehead atoms. The van der Waals surface area contributed by atoms with Gasteiger partial charge in [0.25, 0.3) is 10.0 Å². The molecule has 2 heterocycles. The van der Waals surface area contributed by atoms with Gasteiger partial charge in [0.15, 0.2) is 0 Å². The smallest absolute Gasteiger partial charge is 0.264 e. The molecular formula is C19H24N4O2S. The van der Waals surface area contributed by atoms with Crippen molar-refractivity contribution in [1.82, 2.24) is 14.9 Å². The summed E-state index contributed by atoms with van der Waals surface area (Å²) in [6, 6.07) is 8.24. The molecule has 1 aliphatic heterocycles. The van der Waals surface area contributed by atoms with Crippen LogP contribution in [0.2, 0.25) is 0 Å². The third-order valence-corrected chi connectivity index (χ3v) is 6.66. The molecule has 0 spiro atoms. The monoisotopic (exact) mass is 372 g/mol. The van der Waals surface area contributed by atoms with Gasteiger partial charge in [-0.1, -0.05) is 24.6 Å². The fraction of sp³-hybridized carbons (Fsp3) is 0.474. The van der Waals surface area contributed by atoms with E-state index in [0.29, 0.717) is 0 Å². The van der Waals surface area contributed by atoms with Crippen molar-refractivity contribution in [1.29, 1.82) is 0 Å². The molecule has 0 radical (unpaired) electrons. The summed E-state index contributed by atoms with van der Waals surface area (Å²) in [6.45, 7) is 3.14. The lowest BCUT2D eigenvalue weighted by atomic mass is 9.78. The molecule has 1 aliphatic carbocycles.